The number of nitrogens with two attached hydrogens (primary N) is 1. The van der Waals surface area contributed by atoms with Crippen molar-refractivity contribution in [3.8, 4) is 0 Å². The molecular weight excluding hydrogens is 276 g/mol. The van der Waals surface area contributed by atoms with Gasteiger partial charge in [0.15, 0.2) is 0 Å². The Kier molecular flexibility index (Phi) is 5.70. The van der Waals surface area contributed by atoms with Gasteiger partial charge >= 0.3 is 0 Å². The normalized spacial score (nSPS) is 20.0. The zero-order valence-electron chi connectivity index (χ0n) is 14.4. The van der Waals surface area contributed by atoms with E-state index in [4.69, 9.17) is 15.2 Å². The average Bonchev–Trinajstić information content (AvgIpc) is 2.44. The first-order chi connectivity index (χ1) is 10.5. The van der Waals surface area contributed by atoms with Crippen LogP contribution in [-0.4, -0.2) is 38.5 Å². The van der Waals surface area contributed by atoms with Crippen LogP contribution in [-0.2, 0) is 9.47 Å². The fourth-order valence-corrected chi connectivity index (χ4v) is 3.45. The van der Waals surface area contributed by atoms with Gasteiger partial charge in [0.25, 0.3) is 0 Å². The highest BCUT2D eigenvalue weighted by Crippen LogP contribution is 2.43. The first-order valence-electron chi connectivity index (χ1n) is 8.28. The van der Waals surface area contributed by atoms with E-state index in [2.05, 4.69) is 37.8 Å². The molecule has 1 atom stereocenters. The SMILES string of the molecule is CCOCCOCCN1c2cc(N)ccc2[C@H](C)CC1(C)C. The van der Waals surface area contributed by atoms with Gasteiger partial charge in [-0.1, -0.05) is 13.0 Å². The molecule has 0 bridgehead atoms. The second kappa shape index (κ2) is 7.34. The Morgan fingerprint density at radius 1 is 1.23 bits per heavy atom. The number of hydrogen-bond donors (Lipinski definition) is 1. The van der Waals surface area contributed by atoms with Crippen molar-refractivity contribution in [1.29, 1.82) is 0 Å². The number of anilines is 2. The van der Waals surface area contributed by atoms with Crippen molar-refractivity contribution in [2.75, 3.05) is 43.6 Å². The number of ether oxygens (including phenoxy) is 2. The molecule has 0 aromatic heterocycles. The second-order valence-electron chi connectivity index (χ2n) is 6.70. The molecule has 4 heteroatoms. The Morgan fingerprint density at radius 3 is 2.68 bits per heavy atom. The van der Waals surface area contributed by atoms with Crippen LogP contribution in [0.5, 0.6) is 0 Å². The van der Waals surface area contributed by atoms with Crippen molar-refractivity contribution in [3.63, 3.8) is 0 Å². The molecule has 0 amide bonds. The van der Waals surface area contributed by atoms with Crippen LogP contribution in [0, 0.1) is 0 Å². The maximum atomic E-state index is 6.01. The van der Waals surface area contributed by atoms with E-state index in [1.165, 1.54) is 11.3 Å². The summed E-state index contributed by atoms with van der Waals surface area (Å²) in [7, 11) is 0. The summed E-state index contributed by atoms with van der Waals surface area (Å²) in [4.78, 5) is 2.44. The Hall–Kier alpha value is -1.26. The monoisotopic (exact) mass is 306 g/mol. The van der Waals surface area contributed by atoms with Gasteiger partial charge in [0.1, 0.15) is 0 Å². The summed E-state index contributed by atoms with van der Waals surface area (Å²) in [5.74, 6) is 0.556. The van der Waals surface area contributed by atoms with Crippen molar-refractivity contribution in [2.24, 2.45) is 0 Å². The minimum absolute atomic E-state index is 0.115. The fourth-order valence-electron chi connectivity index (χ4n) is 3.45. The maximum Gasteiger partial charge on any atom is 0.0701 e. The summed E-state index contributed by atoms with van der Waals surface area (Å²) in [6.45, 7) is 12.5. The summed E-state index contributed by atoms with van der Waals surface area (Å²) in [6, 6.07) is 6.28. The molecule has 1 heterocycles. The number of fused-ring (bicyclic) bond motifs is 1. The molecule has 0 saturated carbocycles. The van der Waals surface area contributed by atoms with Crippen molar-refractivity contribution < 1.29 is 9.47 Å². The van der Waals surface area contributed by atoms with Gasteiger partial charge in [0.05, 0.1) is 19.8 Å². The number of nitrogens with zero attached hydrogens (tertiary/aromatic N) is 1. The maximum absolute atomic E-state index is 6.01. The third-order valence-corrected chi connectivity index (χ3v) is 4.45. The zero-order chi connectivity index (χ0) is 16.2. The molecule has 124 valence electrons. The first-order valence-corrected chi connectivity index (χ1v) is 8.28. The molecular formula is C18H30N2O2. The highest BCUT2D eigenvalue weighted by Gasteiger charge is 2.35. The molecule has 22 heavy (non-hydrogen) atoms. The van der Waals surface area contributed by atoms with Gasteiger partial charge in [0.2, 0.25) is 0 Å². The van der Waals surface area contributed by atoms with E-state index in [1.807, 2.05) is 13.0 Å². The highest BCUT2D eigenvalue weighted by atomic mass is 16.5. The largest absolute Gasteiger partial charge is 0.399 e. The van der Waals surface area contributed by atoms with E-state index >= 15 is 0 Å². The fraction of sp³-hybridized carbons (Fsp3) is 0.667. The van der Waals surface area contributed by atoms with E-state index in [9.17, 15) is 0 Å². The van der Waals surface area contributed by atoms with Crippen LogP contribution in [0.15, 0.2) is 18.2 Å². The van der Waals surface area contributed by atoms with Crippen LogP contribution in [0.3, 0.4) is 0 Å². The van der Waals surface area contributed by atoms with Crippen LogP contribution in [0.1, 0.15) is 45.6 Å². The number of benzene rings is 1. The van der Waals surface area contributed by atoms with Gasteiger partial charge in [-0.2, -0.15) is 0 Å². The summed E-state index contributed by atoms with van der Waals surface area (Å²) in [6.07, 6.45) is 1.14. The minimum Gasteiger partial charge on any atom is -0.399 e. The first kappa shape index (κ1) is 17.1. The van der Waals surface area contributed by atoms with Crippen LogP contribution < -0.4 is 10.6 Å². The van der Waals surface area contributed by atoms with Gasteiger partial charge in [-0.3, -0.25) is 0 Å². The second-order valence-corrected chi connectivity index (χ2v) is 6.70. The summed E-state index contributed by atoms with van der Waals surface area (Å²) in [5.41, 5.74) is 9.61. The Balaban J connectivity index is 2.05. The Morgan fingerprint density at radius 2 is 1.95 bits per heavy atom. The molecule has 1 aromatic carbocycles. The number of hydrogen-bond acceptors (Lipinski definition) is 4. The average molecular weight is 306 g/mol. The minimum atomic E-state index is 0.115. The smallest absolute Gasteiger partial charge is 0.0701 e. The summed E-state index contributed by atoms with van der Waals surface area (Å²) >= 11 is 0. The molecule has 0 aliphatic carbocycles. The predicted octanol–water partition coefficient (Wildman–Crippen LogP) is 3.41. The number of rotatable bonds is 7. The van der Waals surface area contributed by atoms with Gasteiger partial charge in [-0.25, -0.2) is 0 Å². The topological polar surface area (TPSA) is 47.7 Å². The molecule has 4 nitrogen and oxygen atoms in total. The van der Waals surface area contributed by atoms with Crippen molar-refractivity contribution >= 4 is 11.4 Å². The van der Waals surface area contributed by atoms with Gasteiger partial charge in [-0.15, -0.1) is 0 Å². The van der Waals surface area contributed by atoms with Gasteiger partial charge in [-0.05, 0) is 50.8 Å². The van der Waals surface area contributed by atoms with Crippen molar-refractivity contribution in [3.05, 3.63) is 23.8 Å². The number of nitrogen functional groups attached to an aromatic ring is 1. The Labute approximate surface area is 134 Å². The van der Waals surface area contributed by atoms with Crippen molar-refractivity contribution in [1.82, 2.24) is 0 Å². The van der Waals surface area contributed by atoms with Crippen molar-refractivity contribution in [2.45, 2.75) is 45.6 Å². The highest BCUT2D eigenvalue weighted by molar-refractivity contribution is 5.65. The van der Waals surface area contributed by atoms with Crippen LogP contribution in [0.4, 0.5) is 11.4 Å². The lowest BCUT2D eigenvalue weighted by atomic mass is 9.80. The predicted molar refractivity (Wildman–Crippen MR) is 92.6 cm³/mol. The molecule has 0 saturated heterocycles. The molecule has 1 aromatic rings. The molecule has 1 aliphatic rings. The molecule has 0 radical (unpaired) electrons. The lowest BCUT2D eigenvalue weighted by Gasteiger charge is -2.47. The third-order valence-electron chi connectivity index (χ3n) is 4.45. The van der Waals surface area contributed by atoms with Crippen LogP contribution in [0.2, 0.25) is 0 Å². The quantitative estimate of drug-likeness (QED) is 0.619. The lowest BCUT2D eigenvalue weighted by molar-refractivity contribution is 0.0542. The van der Waals surface area contributed by atoms with Gasteiger partial charge < -0.3 is 20.1 Å². The van der Waals surface area contributed by atoms with E-state index < -0.39 is 0 Å². The van der Waals surface area contributed by atoms with E-state index in [0.29, 0.717) is 25.7 Å². The van der Waals surface area contributed by atoms with Gasteiger partial charge in [0, 0.05) is 30.1 Å². The molecule has 0 unspecified atom stereocenters. The molecule has 1 aliphatic heterocycles. The summed E-state index contributed by atoms with van der Waals surface area (Å²) in [5, 5.41) is 0. The lowest BCUT2D eigenvalue weighted by Crippen LogP contribution is -2.49. The zero-order valence-corrected chi connectivity index (χ0v) is 14.4. The third kappa shape index (κ3) is 3.93. The molecule has 0 spiro atoms. The van der Waals surface area contributed by atoms with E-state index in [1.54, 1.807) is 0 Å². The molecule has 2 N–H and O–H groups in total. The van der Waals surface area contributed by atoms with Crippen LogP contribution in [0.25, 0.3) is 0 Å². The van der Waals surface area contributed by atoms with E-state index in [-0.39, 0.29) is 5.54 Å². The summed E-state index contributed by atoms with van der Waals surface area (Å²) < 4.78 is 11.0. The molecule has 2 rings (SSSR count). The van der Waals surface area contributed by atoms with E-state index in [0.717, 1.165) is 25.3 Å². The standard InChI is InChI=1S/C18H30N2O2/c1-5-21-10-11-22-9-8-20-17-12-15(19)6-7-16(17)14(2)13-18(20,3)4/h6-7,12,14H,5,8-11,13,19H2,1-4H3/t14-/m1/s1. The van der Waals surface area contributed by atoms with Crippen LogP contribution >= 0.6 is 0 Å². The molecule has 0 fully saturated rings. The Bertz CT molecular complexity index is 488.